The first kappa shape index (κ1) is 20.6. The molecule has 3 aromatic carbocycles. The topological polar surface area (TPSA) is 55.8 Å². The average Bonchev–Trinajstić information content (AvgIpc) is 2.72. The van der Waals surface area contributed by atoms with Crippen molar-refractivity contribution in [3.8, 4) is 11.5 Å². The molecule has 0 aliphatic carbocycles. The van der Waals surface area contributed by atoms with E-state index in [-0.39, 0.29) is 5.78 Å². The fraction of sp³-hybridized carbons (Fsp3) is 0.240. The molecule has 0 aromatic heterocycles. The zero-order valence-electron chi connectivity index (χ0n) is 16.8. The summed E-state index contributed by atoms with van der Waals surface area (Å²) < 4.78 is 12.1. The largest absolute Gasteiger partial charge is 0.488 e. The molecule has 0 amide bonds. The van der Waals surface area contributed by atoms with Gasteiger partial charge >= 0.3 is 0 Å². The van der Waals surface area contributed by atoms with Gasteiger partial charge in [-0.2, -0.15) is 0 Å². The Kier molecular flexibility index (Phi) is 7.04. The van der Waals surface area contributed by atoms with Gasteiger partial charge < -0.3 is 14.6 Å². The average molecular weight is 390 g/mol. The highest BCUT2D eigenvalue weighted by Gasteiger charge is 2.20. The number of aliphatic hydroxyl groups excluding tert-OH is 1. The summed E-state index contributed by atoms with van der Waals surface area (Å²) in [5.74, 6) is 1.00. The van der Waals surface area contributed by atoms with E-state index in [9.17, 15) is 9.90 Å². The van der Waals surface area contributed by atoms with Crippen molar-refractivity contribution in [1.29, 1.82) is 0 Å². The fourth-order valence-corrected chi connectivity index (χ4v) is 3.14. The second kappa shape index (κ2) is 9.89. The molecule has 0 heterocycles. The number of ether oxygens (including phenoxy) is 2. The van der Waals surface area contributed by atoms with Gasteiger partial charge in [-0.25, -0.2) is 0 Å². The number of benzene rings is 3. The summed E-state index contributed by atoms with van der Waals surface area (Å²) in [7, 11) is 0. The van der Waals surface area contributed by atoms with Gasteiger partial charge in [0.05, 0.1) is 11.7 Å². The molecule has 0 spiro atoms. The highest BCUT2D eigenvalue weighted by atomic mass is 16.5. The van der Waals surface area contributed by atoms with Gasteiger partial charge in [-0.15, -0.1) is 0 Å². The van der Waals surface area contributed by atoms with Crippen molar-refractivity contribution in [3.05, 3.63) is 95.1 Å². The van der Waals surface area contributed by atoms with Crippen molar-refractivity contribution in [2.75, 3.05) is 0 Å². The Hall–Kier alpha value is -3.11. The Balaban J connectivity index is 1.93. The van der Waals surface area contributed by atoms with Crippen LogP contribution in [0.2, 0.25) is 0 Å². The maximum absolute atomic E-state index is 12.2. The maximum atomic E-state index is 12.2. The summed E-state index contributed by atoms with van der Waals surface area (Å²) in [6.45, 7) is 3.95. The van der Waals surface area contributed by atoms with Gasteiger partial charge in [0.15, 0.2) is 5.78 Å². The molecule has 1 unspecified atom stereocenters. The van der Waals surface area contributed by atoms with Crippen LogP contribution < -0.4 is 9.47 Å². The quantitative estimate of drug-likeness (QED) is 0.524. The number of Topliss-reactive ketones (excluding diaryl/α,β-unsaturated/α-hetero) is 1. The molecular weight excluding hydrogens is 364 g/mol. The number of hydrogen-bond donors (Lipinski definition) is 1. The minimum Gasteiger partial charge on any atom is -0.488 e. The molecule has 0 saturated heterocycles. The van der Waals surface area contributed by atoms with Gasteiger partial charge in [0.2, 0.25) is 0 Å². The number of aliphatic hydroxyl groups is 1. The van der Waals surface area contributed by atoms with Crippen LogP contribution >= 0.6 is 0 Å². The van der Waals surface area contributed by atoms with Crippen LogP contribution in [0.15, 0.2) is 72.8 Å². The van der Waals surface area contributed by atoms with E-state index in [2.05, 4.69) is 0 Å². The summed E-state index contributed by atoms with van der Waals surface area (Å²) >= 11 is 0. The van der Waals surface area contributed by atoms with Crippen LogP contribution in [0.3, 0.4) is 0 Å². The van der Waals surface area contributed by atoms with E-state index in [0.29, 0.717) is 42.3 Å². The first-order chi connectivity index (χ1) is 14.0. The van der Waals surface area contributed by atoms with E-state index in [1.165, 1.54) is 6.92 Å². The van der Waals surface area contributed by atoms with Crippen molar-refractivity contribution >= 4 is 5.78 Å². The van der Waals surface area contributed by atoms with E-state index in [1.54, 1.807) is 19.1 Å². The van der Waals surface area contributed by atoms with Gasteiger partial charge in [-0.1, -0.05) is 60.7 Å². The van der Waals surface area contributed by atoms with Crippen LogP contribution in [0.5, 0.6) is 11.5 Å². The Labute approximate surface area is 171 Å². The number of carbonyl (C=O) groups excluding carboxylic acids is 1. The molecule has 0 radical (unpaired) electrons. The molecule has 1 N–H and O–H groups in total. The molecule has 150 valence electrons. The highest BCUT2D eigenvalue weighted by molar-refractivity contribution is 5.97. The number of carbonyl (C=O) groups is 1. The molecule has 3 rings (SSSR count). The van der Waals surface area contributed by atoms with Crippen LogP contribution in [0.1, 0.15) is 40.9 Å². The lowest BCUT2D eigenvalue weighted by Crippen LogP contribution is -2.12. The predicted octanol–water partition coefficient (Wildman–Crippen LogP) is 4.97. The molecule has 4 nitrogen and oxygen atoms in total. The second-order valence-corrected chi connectivity index (χ2v) is 7.08. The normalized spacial score (nSPS) is 11.7. The molecule has 4 heteroatoms. The van der Waals surface area contributed by atoms with Gasteiger partial charge in [0, 0.05) is 12.0 Å². The number of rotatable bonds is 9. The Morgan fingerprint density at radius 1 is 0.862 bits per heavy atom. The first-order valence-corrected chi connectivity index (χ1v) is 9.73. The lowest BCUT2D eigenvalue weighted by Gasteiger charge is -2.20. The van der Waals surface area contributed by atoms with E-state index in [4.69, 9.17) is 9.47 Å². The first-order valence-electron chi connectivity index (χ1n) is 9.73. The summed E-state index contributed by atoms with van der Waals surface area (Å²) in [6, 6.07) is 23.2. The zero-order valence-corrected chi connectivity index (χ0v) is 16.8. The standard InChI is InChI=1S/C25H26O4/c1-18(26)15-23-24(28-16-20-9-5-3-6-10-20)14-13-22(19(2)27)25(23)29-17-21-11-7-4-8-12-21/h3-14,18,26H,15-17H2,1-2H3. The predicted molar refractivity (Wildman–Crippen MR) is 113 cm³/mol. The van der Waals surface area contributed by atoms with E-state index < -0.39 is 6.10 Å². The molecule has 0 fully saturated rings. The van der Waals surface area contributed by atoms with E-state index in [1.807, 2.05) is 60.7 Å². The van der Waals surface area contributed by atoms with Crippen molar-refractivity contribution < 1.29 is 19.4 Å². The SMILES string of the molecule is CC(=O)c1ccc(OCc2ccccc2)c(CC(C)O)c1OCc1ccccc1. The Bertz CT molecular complexity index is 934. The minimum atomic E-state index is -0.602. The van der Waals surface area contributed by atoms with Gasteiger partial charge in [-0.05, 0) is 37.1 Å². The third kappa shape index (κ3) is 5.69. The van der Waals surface area contributed by atoms with Crippen molar-refractivity contribution in [2.45, 2.75) is 39.6 Å². The van der Waals surface area contributed by atoms with Crippen LogP contribution in [-0.2, 0) is 19.6 Å². The molecule has 1 atom stereocenters. The third-order valence-electron chi connectivity index (χ3n) is 4.56. The zero-order chi connectivity index (χ0) is 20.6. The van der Waals surface area contributed by atoms with Crippen molar-refractivity contribution in [2.24, 2.45) is 0 Å². The van der Waals surface area contributed by atoms with E-state index >= 15 is 0 Å². The minimum absolute atomic E-state index is 0.0884. The summed E-state index contributed by atoms with van der Waals surface area (Å²) in [6.07, 6.45) is -0.273. The summed E-state index contributed by atoms with van der Waals surface area (Å²) in [5, 5.41) is 10.1. The second-order valence-electron chi connectivity index (χ2n) is 7.08. The Morgan fingerprint density at radius 3 is 1.93 bits per heavy atom. The molecule has 0 aliphatic rings. The number of ketones is 1. The third-order valence-corrected chi connectivity index (χ3v) is 4.56. The maximum Gasteiger partial charge on any atom is 0.163 e. The molecule has 0 saturated carbocycles. The molecule has 29 heavy (non-hydrogen) atoms. The lowest BCUT2D eigenvalue weighted by molar-refractivity contribution is 0.101. The van der Waals surface area contributed by atoms with Crippen molar-refractivity contribution in [1.82, 2.24) is 0 Å². The van der Waals surface area contributed by atoms with E-state index in [0.717, 1.165) is 11.1 Å². The Morgan fingerprint density at radius 2 is 1.41 bits per heavy atom. The molecule has 0 aliphatic heterocycles. The molecular formula is C25H26O4. The van der Waals surface area contributed by atoms with Gasteiger partial charge in [0.1, 0.15) is 24.7 Å². The highest BCUT2D eigenvalue weighted by Crippen LogP contribution is 2.35. The molecule has 3 aromatic rings. The van der Waals surface area contributed by atoms with Gasteiger partial charge in [-0.3, -0.25) is 4.79 Å². The summed E-state index contributed by atoms with van der Waals surface area (Å²) in [5.41, 5.74) is 3.24. The smallest absolute Gasteiger partial charge is 0.163 e. The number of hydrogen-bond acceptors (Lipinski definition) is 4. The van der Waals surface area contributed by atoms with Crippen LogP contribution in [0.4, 0.5) is 0 Å². The van der Waals surface area contributed by atoms with Crippen LogP contribution in [0.25, 0.3) is 0 Å². The summed E-state index contributed by atoms with van der Waals surface area (Å²) in [4.78, 5) is 12.2. The monoisotopic (exact) mass is 390 g/mol. The fourth-order valence-electron chi connectivity index (χ4n) is 3.14. The van der Waals surface area contributed by atoms with Crippen LogP contribution in [-0.4, -0.2) is 17.0 Å². The van der Waals surface area contributed by atoms with Crippen LogP contribution in [0, 0.1) is 0 Å². The molecule has 0 bridgehead atoms. The van der Waals surface area contributed by atoms with Gasteiger partial charge in [0.25, 0.3) is 0 Å². The van der Waals surface area contributed by atoms with Crippen molar-refractivity contribution in [3.63, 3.8) is 0 Å². The lowest BCUT2D eigenvalue weighted by atomic mass is 10.00.